The van der Waals surface area contributed by atoms with Crippen LogP contribution in [0.15, 0.2) is 24.3 Å². The summed E-state index contributed by atoms with van der Waals surface area (Å²) in [4.78, 5) is 14.3. The SMILES string of the molecule is N#Cc1ccc(C(=O)N2CCCCC2CCO)cc1. The molecule has 1 aromatic rings. The molecule has 19 heavy (non-hydrogen) atoms. The number of nitriles is 1. The smallest absolute Gasteiger partial charge is 0.254 e. The number of rotatable bonds is 3. The fourth-order valence-corrected chi connectivity index (χ4v) is 2.57. The van der Waals surface area contributed by atoms with Crippen molar-refractivity contribution in [3.05, 3.63) is 35.4 Å². The van der Waals surface area contributed by atoms with Crippen LogP contribution in [0.2, 0.25) is 0 Å². The molecule has 0 bridgehead atoms. The molecular formula is C15H18N2O2. The number of nitrogens with zero attached hydrogens (tertiary/aromatic N) is 2. The van der Waals surface area contributed by atoms with Gasteiger partial charge in [0, 0.05) is 24.8 Å². The van der Waals surface area contributed by atoms with Gasteiger partial charge in [-0.15, -0.1) is 0 Å². The molecule has 0 saturated carbocycles. The van der Waals surface area contributed by atoms with Crippen LogP contribution >= 0.6 is 0 Å². The highest BCUT2D eigenvalue weighted by molar-refractivity contribution is 5.94. The fraction of sp³-hybridized carbons (Fsp3) is 0.467. The van der Waals surface area contributed by atoms with Crippen LogP contribution in [0.25, 0.3) is 0 Å². The Morgan fingerprint density at radius 1 is 1.37 bits per heavy atom. The number of hydrogen-bond acceptors (Lipinski definition) is 3. The van der Waals surface area contributed by atoms with E-state index in [2.05, 4.69) is 0 Å². The van der Waals surface area contributed by atoms with E-state index in [4.69, 9.17) is 10.4 Å². The average molecular weight is 258 g/mol. The molecule has 1 amide bonds. The molecule has 1 aliphatic rings. The molecule has 1 unspecified atom stereocenters. The minimum Gasteiger partial charge on any atom is -0.396 e. The van der Waals surface area contributed by atoms with Gasteiger partial charge < -0.3 is 10.0 Å². The van der Waals surface area contributed by atoms with Crippen LogP contribution in [0.5, 0.6) is 0 Å². The third-order valence-corrected chi connectivity index (χ3v) is 3.61. The van der Waals surface area contributed by atoms with E-state index in [9.17, 15) is 4.79 Å². The second-order valence-electron chi connectivity index (χ2n) is 4.85. The largest absolute Gasteiger partial charge is 0.396 e. The predicted octanol–water partition coefficient (Wildman–Crippen LogP) is 1.94. The molecule has 1 aliphatic heterocycles. The molecule has 0 aliphatic carbocycles. The summed E-state index contributed by atoms with van der Waals surface area (Å²) < 4.78 is 0. The lowest BCUT2D eigenvalue weighted by Gasteiger charge is -2.35. The highest BCUT2D eigenvalue weighted by Crippen LogP contribution is 2.22. The van der Waals surface area contributed by atoms with E-state index in [1.165, 1.54) is 0 Å². The number of likely N-dealkylation sites (tertiary alicyclic amines) is 1. The Bertz CT molecular complexity index is 474. The van der Waals surface area contributed by atoms with E-state index in [-0.39, 0.29) is 18.6 Å². The highest BCUT2D eigenvalue weighted by Gasteiger charge is 2.26. The van der Waals surface area contributed by atoms with Crippen molar-refractivity contribution in [1.29, 1.82) is 5.26 Å². The van der Waals surface area contributed by atoms with E-state index in [0.717, 1.165) is 25.8 Å². The Morgan fingerprint density at radius 2 is 2.11 bits per heavy atom. The predicted molar refractivity (Wildman–Crippen MR) is 71.5 cm³/mol. The third-order valence-electron chi connectivity index (χ3n) is 3.61. The van der Waals surface area contributed by atoms with Gasteiger partial charge in [-0.25, -0.2) is 0 Å². The summed E-state index contributed by atoms with van der Waals surface area (Å²) in [5.74, 6) is 0.00244. The Labute approximate surface area is 113 Å². The van der Waals surface area contributed by atoms with Crippen molar-refractivity contribution in [3.63, 3.8) is 0 Å². The van der Waals surface area contributed by atoms with Crippen molar-refractivity contribution < 1.29 is 9.90 Å². The summed E-state index contributed by atoms with van der Waals surface area (Å²) in [5, 5.41) is 17.8. The van der Waals surface area contributed by atoms with Crippen LogP contribution in [0.4, 0.5) is 0 Å². The molecule has 1 fully saturated rings. The molecule has 0 aromatic heterocycles. The van der Waals surface area contributed by atoms with Gasteiger partial charge in [-0.2, -0.15) is 5.26 Å². The summed E-state index contributed by atoms with van der Waals surface area (Å²) in [7, 11) is 0. The summed E-state index contributed by atoms with van der Waals surface area (Å²) in [6.07, 6.45) is 3.73. The number of benzene rings is 1. The van der Waals surface area contributed by atoms with Gasteiger partial charge >= 0.3 is 0 Å². The standard InChI is InChI=1S/C15H18N2O2/c16-11-12-4-6-13(7-5-12)15(19)17-9-2-1-3-14(17)8-10-18/h4-7,14,18H,1-3,8-10H2. The number of aliphatic hydroxyl groups is 1. The van der Waals surface area contributed by atoms with Crippen molar-refractivity contribution in [1.82, 2.24) is 4.90 Å². The van der Waals surface area contributed by atoms with E-state index in [1.54, 1.807) is 24.3 Å². The number of carbonyl (C=O) groups excluding carboxylic acids is 1. The van der Waals surface area contributed by atoms with Gasteiger partial charge in [0.25, 0.3) is 5.91 Å². The lowest BCUT2D eigenvalue weighted by molar-refractivity contribution is 0.0574. The maximum absolute atomic E-state index is 12.4. The van der Waals surface area contributed by atoms with E-state index >= 15 is 0 Å². The Hall–Kier alpha value is -1.86. The van der Waals surface area contributed by atoms with Crippen molar-refractivity contribution in [2.45, 2.75) is 31.7 Å². The molecule has 100 valence electrons. The normalized spacial score (nSPS) is 18.9. The molecule has 4 nitrogen and oxygen atoms in total. The minimum atomic E-state index is 0.00244. The van der Waals surface area contributed by atoms with E-state index in [1.807, 2.05) is 11.0 Å². The van der Waals surface area contributed by atoms with Crippen LogP contribution < -0.4 is 0 Å². The number of carbonyl (C=O) groups is 1. The van der Waals surface area contributed by atoms with E-state index in [0.29, 0.717) is 17.5 Å². The summed E-state index contributed by atoms with van der Waals surface area (Å²) in [5.41, 5.74) is 1.17. The molecule has 0 spiro atoms. The first-order valence-corrected chi connectivity index (χ1v) is 6.68. The molecule has 1 N–H and O–H groups in total. The van der Waals surface area contributed by atoms with Crippen molar-refractivity contribution in [3.8, 4) is 6.07 Å². The van der Waals surface area contributed by atoms with Gasteiger partial charge in [-0.05, 0) is 49.9 Å². The van der Waals surface area contributed by atoms with Gasteiger partial charge in [-0.3, -0.25) is 4.79 Å². The minimum absolute atomic E-state index is 0.00244. The molecular weight excluding hydrogens is 240 g/mol. The first-order chi connectivity index (χ1) is 9.26. The zero-order valence-electron chi connectivity index (χ0n) is 10.9. The van der Waals surface area contributed by atoms with Crippen LogP contribution in [-0.4, -0.2) is 35.1 Å². The van der Waals surface area contributed by atoms with Crippen molar-refractivity contribution in [2.75, 3.05) is 13.2 Å². The number of hydrogen-bond donors (Lipinski definition) is 1. The highest BCUT2D eigenvalue weighted by atomic mass is 16.3. The maximum atomic E-state index is 12.4. The lowest BCUT2D eigenvalue weighted by Crippen LogP contribution is -2.44. The number of aliphatic hydroxyl groups excluding tert-OH is 1. The maximum Gasteiger partial charge on any atom is 0.254 e. The second-order valence-corrected chi connectivity index (χ2v) is 4.85. The Kier molecular flexibility index (Phi) is 4.53. The second kappa shape index (κ2) is 6.35. The van der Waals surface area contributed by atoms with Gasteiger partial charge in [0.15, 0.2) is 0 Å². The monoisotopic (exact) mass is 258 g/mol. The molecule has 1 atom stereocenters. The third kappa shape index (κ3) is 3.12. The summed E-state index contributed by atoms with van der Waals surface area (Å²) >= 11 is 0. The first-order valence-electron chi connectivity index (χ1n) is 6.68. The Balaban J connectivity index is 2.14. The molecule has 1 heterocycles. The molecule has 0 radical (unpaired) electrons. The Morgan fingerprint density at radius 3 is 2.74 bits per heavy atom. The van der Waals surface area contributed by atoms with Crippen molar-refractivity contribution >= 4 is 5.91 Å². The number of amides is 1. The summed E-state index contributed by atoms with van der Waals surface area (Å²) in [6, 6.07) is 8.91. The average Bonchev–Trinajstić information content (AvgIpc) is 2.47. The lowest BCUT2D eigenvalue weighted by atomic mass is 9.98. The van der Waals surface area contributed by atoms with Gasteiger partial charge in [0.2, 0.25) is 0 Å². The molecule has 4 heteroatoms. The molecule has 2 rings (SSSR count). The van der Waals surface area contributed by atoms with Crippen LogP contribution in [-0.2, 0) is 0 Å². The van der Waals surface area contributed by atoms with Gasteiger partial charge in [0.1, 0.15) is 0 Å². The number of piperidine rings is 1. The van der Waals surface area contributed by atoms with Gasteiger partial charge in [0.05, 0.1) is 11.6 Å². The van der Waals surface area contributed by atoms with Crippen LogP contribution in [0, 0.1) is 11.3 Å². The van der Waals surface area contributed by atoms with Crippen molar-refractivity contribution in [2.24, 2.45) is 0 Å². The topological polar surface area (TPSA) is 64.3 Å². The summed E-state index contributed by atoms with van der Waals surface area (Å²) in [6.45, 7) is 0.866. The van der Waals surface area contributed by atoms with Gasteiger partial charge in [-0.1, -0.05) is 0 Å². The van der Waals surface area contributed by atoms with Crippen LogP contribution in [0.1, 0.15) is 41.6 Å². The zero-order chi connectivity index (χ0) is 13.7. The van der Waals surface area contributed by atoms with Crippen LogP contribution in [0.3, 0.4) is 0 Å². The molecule has 1 saturated heterocycles. The molecule has 1 aromatic carbocycles. The van der Waals surface area contributed by atoms with E-state index < -0.39 is 0 Å². The zero-order valence-corrected chi connectivity index (χ0v) is 10.9. The quantitative estimate of drug-likeness (QED) is 0.901. The first kappa shape index (κ1) is 13.6. The fourth-order valence-electron chi connectivity index (χ4n) is 2.57.